The van der Waals surface area contributed by atoms with Gasteiger partial charge in [0, 0.05) is 11.3 Å². The van der Waals surface area contributed by atoms with Crippen LogP contribution in [0.4, 0.5) is 0 Å². The minimum Gasteiger partial charge on any atom is -0.346 e. The molecule has 4 nitrogen and oxygen atoms in total. The predicted octanol–water partition coefficient (Wildman–Crippen LogP) is 0.924. The van der Waals surface area contributed by atoms with Gasteiger partial charge in [-0.1, -0.05) is 23.7 Å². The molecule has 1 aromatic rings. The van der Waals surface area contributed by atoms with Gasteiger partial charge in [0.25, 0.3) is 0 Å². The molecule has 1 aliphatic rings. The van der Waals surface area contributed by atoms with E-state index in [0.717, 1.165) is 11.8 Å². The lowest BCUT2D eigenvalue weighted by atomic mass is 9.97. The Balaban J connectivity index is 2.30. The molecule has 6 heteroatoms. The highest BCUT2D eigenvalue weighted by Gasteiger charge is 2.47. The van der Waals surface area contributed by atoms with Crippen LogP contribution in [0.1, 0.15) is 11.6 Å². The Hall–Kier alpha value is -1.07. The number of rotatable bonds is 2. The van der Waals surface area contributed by atoms with Crippen molar-refractivity contribution in [2.45, 2.75) is 11.3 Å². The summed E-state index contributed by atoms with van der Waals surface area (Å²) in [5.74, 6) is -0.442. The average molecular weight is 260 g/mol. The quantitative estimate of drug-likeness (QED) is 0.804. The molecule has 1 amide bonds. The molecule has 1 fully saturated rings. The highest BCUT2D eigenvalue weighted by atomic mass is 35.5. The maximum Gasteiger partial charge on any atom is 0.241 e. The van der Waals surface area contributed by atoms with Gasteiger partial charge in [0.05, 0.1) is 6.04 Å². The second-order valence-corrected chi connectivity index (χ2v) is 6.39. The number of sulfone groups is 1. The Morgan fingerprint density at radius 3 is 2.25 bits per heavy atom. The van der Waals surface area contributed by atoms with E-state index < -0.39 is 27.0 Å². The van der Waals surface area contributed by atoms with Gasteiger partial charge in [0.2, 0.25) is 5.91 Å². The minimum atomic E-state index is -3.37. The van der Waals surface area contributed by atoms with Crippen LogP contribution < -0.4 is 5.32 Å². The number of carbonyl (C=O) groups is 1. The Morgan fingerprint density at radius 1 is 1.25 bits per heavy atom. The van der Waals surface area contributed by atoms with Crippen LogP contribution in [0.5, 0.6) is 0 Å². The van der Waals surface area contributed by atoms with Crippen LogP contribution in [-0.4, -0.2) is 25.8 Å². The van der Waals surface area contributed by atoms with E-state index in [2.05, 4.69) is 5.32 Å². The molecule has 0 aromatic heterocycles. The van der Waals surface area contributed by atoms with Gasteiger partial charge in [-0.15, -0.1) is 0 Å². The van der Waals surface area contributed by atoms with Crippen molar-refractivity contribution in [2.24, 2.45) is 0 Å². The lowest BCUT2D eigenvalue weighted by Crippen LogP contribution is -2.59. The summed E-state index contributed by atoms with van der Waals surface area (Å²) in [5, 5.41) is 2.17. The van der Waals surface area contributed by atoms with Crippen LogP contribution in [0.2, 0.25) is 5.02 Å². The van der Waals surface area contributed by atoms with E-state index in [-0.39, 0.29) is 0 Å². The van der Waals surface area contributed by atoms with Gasteiger partial charge >= 0.3 is 0 Å². The summed E-state index contributed by atoms with van der Waals surface area (Å²) in [6.45, 7) is 0. The van der Waals surface area contributed by atoms with E-state index >= 15 is 0 Å². The first-order valence-electron chi connectivity index (χ1n) is 4.64. The monoisotopic (exact) mass is 259 g/mol. The maximum absolute atomic E-state index is 11.4. The van der Waals surface area contributed by atoms with E-state index in [1.54, 1.807) is 24.3 Å². The molecule has 0 bridgehead atoms. The first kappa shape index (κ1) is 11.4. The number of halogens is 1. The van der Waals surface area contributed by atoms with Crippen molar-refractivity contribution in [3.8, 4) is 0 Å². The van der Waals surface area contributed by atoms with Gasteiger partial charge in [-0.05, 0) is 17.7 Å². The summed E-state index contributed by atoms with van der Waals surface area (Å²) < 4.78 is 22.8. The SMILES string of the molecule is CS(=O)(=O)[C@@H]1C(=O)N[C@@H]1c1ccc(Cl)cc1. The summed E-state index contributed by atoms with van der Waals surface area (Å²) >= 11 is 5.73. The molecule has 0 unspecified atom stereocenters. The smallest absolute Gasteiger partial charge is 0.241 e. The van der Waals surface area contributed by atoms with Crippen LogP contribution in [0.3, 0.4) is 0 Å². The predicted molar refractivity (Wildman–Crippen MR) is 61.0 cm³/mol. The van der Waals surface area contributed by atoms with Crippen molar-refractivity contribution in [3.63, 3.8) is 0 Å². The van der Waals surface area contributed by atoms with E-state index in [1.807, 2.05) is 0 Å². The second kappa shape index (κ2) is 3.75. The minimum absolute atomic E-state index is 0.442. The largest absolute Gasteiger partial charge is 0.346 e. The molecule has 16 heavy (non-hydrogen) atoms. The maximum atomic E-state index is 11.4. The van der Waals surface area contributed by atoms with Gasteiger partial charge in [-0.3, -0.25) is 4.79 Å². The average Bonchev–Trinajstić information content (AvgIpc) is 2.13. The zero-order chi connectivity index (χ0) is 11.9. The molecule has 1 aliphatic heterocycles. The van der Waals surface area contributed by atoms with E-state index in [4.69, 9.17) is 11.6 Å². The number of amides is 1. The molecule has 86 valence electrons. The number of carbonyl (C=O) groups excluding carboxylic acids is 1. The third-order valence-corrected chi connectivity index (χ3v) is 4.21. The molecule has 2 atom stereocenters. The number of hydrogen-bond acceptors (Lipinski definition) is 3. The summed E-state index contributed by atoms with van der Waals surface area (Å²) in [5.41, 5.74) is 0.749. The van der Waals surface area contributed by atoms with E-state index in [9.17, 15) is 13.2 Å². The van der Waals surface area contributed by atoms with Crippen LogP contribution >= 0.6 is 11.6 Å². The van der Waals surface area contributed by atoms with Crippen molar-refractivity contribution in [3.05, 3.63) is 34.9 Å². The number of hydrogen-bond donors (Lipinski definition) is 1. The van der Waals surface area contributed by atoms with Gasteiger partial charge in [-0.2, -0.15) is 0 Å². The molecular weight excluding hydrogens is 250 g/mol. The molecule has 1 heterocycles. The van der Waals surface area contributed by atoms with Crippen molar-refractivity contribution < 1.29 is 13.2 Å². The molecule has 1 aromatic carbocycles. The number of nitrogens with one attached hydrogen (secondary N) is 1. The number of benzene rings is 1. The molecule has 0 aliphatic carbocycles. The van der Waals surface area contributed by atoms with Crippen molar-refractivity contribution in [1.29, 1.82) is 0 Å². The first-order valence-corrected chi connectivity index (χ1v) is 6.97. The van der Waals surface area contributed by atoms with Gasteiger partial charge < -0.3 is 5.32 Å². The lowest BCUT2D eigenvalue weighted by Gasteiger charge is -2.35. The zero-order valence-corrected chi connectivity index (χ0v) is 10.0. The fourth-order valence-corrected chi connectivity index (χ4v) is 3.04. The summed E-state index contributed by atoms with van der Waals surface area (Å²) in [6, 6.07) is 6.30. The second-order valence-electron chi connectivity index (χ2n) is 3.79. The normalized spacial score (nSPS) is 24.8. The molecule has 0 spiro atoms. The topological polar surface area (TPSA) is 63.2 Å². The summed E-state index contributed by atoms with van der Waals surface area (Å²) in [4.78, 5) is 11.2. The fraction of sp³-hybridized carbons (Fsp3) is 0.300. The van der Waals surface area contributed by atoms with E-state index in [1.165, 1.54) is 0 Å². The highest BCUT2D eigenvalue weighted by molar-refractivity contribution is 7.92. The Morgan fingerprint density at radius 2 is 1.81 bits per heavy atom. The van der Waals surface area contributed by atoms with Gasteiger partial charge in [0.15, 0.2) is 15.1 Å². The third kappa shape index (κ3) is 1.92. The molecule has 0 radical (unpaired) electrons. The Bertz CT molecular complexity index is 524. The van der Waals surface area contributed by atoms with Crippen molar-refractivity contribution >= 4 is 27.3 Å². The molecule has 0 saturated carbocycles. The summed E-state index contributed by atoms with van der Waals surface area (Å²) in [7, 11) is -3.37. The van der Waals surface area contributed by atoms with Crippen LogP contribution in [0.15, 0.2) is 24.3 Å². The van der Waals surface area contributed by atoms with Crippen LogP contribution in [-0.2, 0) is 14.6 Å². The summed E-state index contributed by atoms with van der Waals surface area (Å²) in [6.07, 6.45) is 1.07. The standard InChI is InChI=1S/C10H10ClNO3S/c1-16(14,15)9-8(12-10(9)13)6-2-4-7(11)5-3-6/h2-5,8-9H,1H3,(H,12,13)/t8-,9+/m1/s1. The molecule has 1 N–H and O–H groups in total. The zero-order valence-electron chi connectivity index (χ0n) is 8.48. The van der Waals surface area contributed by atoms with Gasteiger partial charge in [0.1, 0.15) is 0 Å². The molecular formula is C10H10ClNO3S. The highest BCUT2D eigenvalue weighted by Crippen LogP contribution is 2.30. The molecule has 2 rings (SSSR count). The van der Waals surface area contributed by atoms with E-state index in [0.29, 0.717) is 5.02 Å². The Kier molecular flexibility index (Phi) is 2.67. The van der Waals surface area contributed by atoms with Gasteiger partial charge in [-0.25, -0.2) is 8.42 Å². The number of β-lactam (4-membered cyclic amide) rings is 1. The third-order valence-electron chi connectivity index (χ3n) is 2.55. The first-order chi connectivity index (χ1) is 7.39. The van der Waals surface area contributed by atoms with Crippen LogP contribution in [0.25, 0.3) is 0 Å². The fourth-order valence-electron chi connectivity index (χ4n) is 1.74. The van der Waals surface area contributed by atoms with Crippen molar-refractivity contribution in [2.75, 3.05) is 6.26 Å². The lowest BCUT2D eigenvalue weighted by molar-refractivity contribution is -0.127. The van der Waals surface area contributed by atoms with Crippen LogP contribution in [0, 0.1) is 0 Å². The van der Waals surface area contributed by atoms with Crippen molar-refractivity contribution in [1.82, 2.24) is 5.32 Å². The Labute approximate surface area is 98.5 Å². The molecule has 1 saturated heterocycles.